The molecule has 1 amide bonds. The number of pyridine rings is 1. The van der Waals surface area contributed by atoms with Crippen LogP contribution in [0.15, 0.2) is 36.5 Å². The van der Waals surface area contributed by atoms with Gasteiger partial charge in [0.2, 0.25) is 0 Å². The number of aromatic nitrogens is 1. The van der Waals surface area contributed by atoms with E-state index in [9.17, 15) is 15.0 Å². The van der Waals surface area contributed by atoms with Crippen LogP contribution in [0.2, 0.25) is 0 Å². The van der Waals surface area contributed by atoms with E-state index in [2.05, 4.69) is 4.98 Å². The summed E-state index contributed by atoms with van der Waals surface area (Å²) in [6.45, 7) is 0. The molecular weight excluding hydrogens is 268 g/mol. The lowest BCUT2D eigenvalue weighted by atomic mass is 10.1. The van der Waals surface area contributed by atoms with Crippen LogP contribution in [0.25, 0.3) is 10.8 Å². The Balaban J connectivity index is 1.94. The van der Waals surface area contributed by atoms with E-state index in [0.717, 1.165) is 10.8 Å². The summed E-state index contributed by atoms with van der Waals surface area (Å²) in [6, 6.07) is 9.08. The molecule has 0 bridgehead atoms. The van der Waals surface area contributed by atoms with E-state index in [1.54, 1.807) is 13.2 Å². The summed E-state index contributed by atoms with van der Waals surface area (Å²) in [5.74, 6) is -0.232. The average Bonchev–Trinajstić information content (AvgIpc) is 2.85. The Labute approximate surface area is 122 Å². The molecular formula is C16H18N2O3. The van der Waals surface area contributed by atoms with Gasteiger partial charge in [0.05, 0.1) is 12.1 Å². The number of carbonyl (C=O) groups is 1. The molecule has 0 spiro atoms. The maximum absolute atomic E-state index is 12.7. The first-order valence-corrected chi connectivity index (χ1v) is 7.06. The number of hydrogen-bond acceptors (Lipinski definition) is 4. The number of hydrogen-bond donors (Lipinski definition) is 2. The van der Waals surface area contributed by atoms with Gasteiger partial charge < -0.3 is 15.1 Å². The summed E-state index contributed by atoms with van der Waals surface area (Å²) in [7, 11) is 1.65. The fourth-order valence-corrected chi connectivity index (χ4v) is 2.97. The van der Waals surface area contributed by atoms with Gasteiger partial charge in [-0.05, 0) is 24.3 Å². The highest BCUT2D eigenvalue weighted by Gasteiger charge is 2.38. The molecule has 1 fully saturated rings. The van der Waals surface area contributed by atoms with E-state index in [1.165, 1.54) is 4.90 Å². The standard InChI is InChI=1S/C16H18N2O3/c1-18(12-6-7-13(19)15(12)20)16(21)14-11-5-3-2-4-10(11)8-9-17-14/h2-5,8-9,12-13,15,19-20H,6-7H2,1H3/t12-,13-,15-/m1/s1. The van der Waals surface area contributed by atoms with E-state index in [-0.39, 0.29) is 11.9 Å². The SMILES string of the molecule is CN(C(=O)c1nccc2ccccc12)[C@@H]1CC[C@@H](O)[C@@H]1O. The summed E-state index contributed by atoms with van der Waals surface area (Å²) in [4.78, 5) is 18.4. The van der Waals surface area contributed by atoms with Crippen LogP contribution in [0.4, 0.5) is 0 Å². The molecule has 2 aromatic rings. The highest BCUT2D eigenvalue weighted by molar-refractivity contribution is 6.05. The lowest BCUT2D eigenvalue weighted by Gasteiger charge is -2.27. The number of nitrogens with zero attached hydrogens (tertiary/aromatic N) is 2. The highest BCUT2D eigenvalue weighted by Crippen LogP contribution is 2.26. The first kappa shape index (κ1) is 14.0. The molecule has 0 aliphatic heterocycles. The van der Waals surface area contributed by atoms with Gasteiger partial charge >= 0.3 is 0 Å². The minimum Gasteiger partial charge on any atom is -0.390 e. The second-order valence-electron chi connectivity index (χ2n) is 5.50. The number of likely N-dealkylation sites (N-methyl/N-ethyl adjacent to an activating group) is 1. The molecule has 5 nitrogen and oxygen atoms in total. The van der Waals surface area contributed by atoms with Crippen molar-refractivity contribution in [2.24, 2.45) is 0 Å². The average molecular weight is 286 g/mol. The summed E-state index contributed by atoms with van der Waals surface area (Å²) in [5, 5.41) is 21.4. The summed E-state index contributed by atoms with van der Waals surface area (Å²) < 4.78 is 0. The number of aliphatic hydroxyl groups is 2. The summed E-state index contributed by atoms with van der Waals surface area (Å²) in [5.41, 5.74) is 0.379. The molecule has 1 saturated carbocycles. The first-order valence-electron chi connectivity index (χ1n) is 7.06. The van der Waals surface area contributed by atoms with E-state index in [4.69, 9.17) is 0 Å². The molecule has 3 rings (SSSR count). The minimum absolute atomic E-state index is 0.232. The molecule has 1 aliphatic carbocycles. The van der Waals surface area contributed by atoms with Gasteiger partial charge in [0.15, 0.2) is 0 Å². The van der Waals surface area contributed by atoms with Gasteiger partial charge in [-0.25, -0.2) is 0 Å². The third-order valence-electron chi connectivity index (χ3n) is 4.24. The van der Waals surface area contributed by atoms with Crippen molar-refractivity contribution in [3.63, 3.8) is 0 Å². The van der Waals surface area contributed by atoms with Crippen molar-refractivity contribution >= 4 is 16.7 Å². The number of benzene rings is 1. The Morgan fingerprint density at radius 2 is 2.00 bits per heavy atom. The largest absolute Gasteiger partial charge is 0.390 e. The third-order valence-corrected chi connectivity index (χ3v) is 4.24. The van der Waals surface area contributed by atoms with Gasteiger partial charge in [-0.2, -0.15) is 0 Å². The van der Waals surface area contributed by atoms with Gasteiger partial charge in [-0.3, -0.25) is 9.78 Å². The first-order chi connectivity index (χ1) is 10.1. The molecule has 1 aromatic heterocycles. The zero-order valence-electron chi connectivity index (χ0n) is 11.8. The van der Waals surface area contributed by atoms with Gasteiger partial charge in [-0.1, -0.05) is 24.3 Å². The molecule has 3 atom stereocenters. The molecule has 0 radical (unpaired) electrons. The third kappa shape index (κ3) is 2.39. The topological polar surface area (TPSA) is 73.7 Å². The lowest BCUT2D eigenvalue weighted by Crippen LogP contribution is -2.44. The van der Waals surface area contributed by atoms with Crippen molar-refractivity contribution in [2.45, 2.75) is 31.1 Å². The smallest absolute Gasteiger partial charge is 0.273 e. The van der Waals surface area contributed by atoms with Crippen molar-refractivity contribution in [3.05, 3.63) is 42.2 Å². The van der Waals surface area contributed by atoms with Gasteiger partial charge in [0.1, 0.15) is 11.8 Å². The van der Waals surface area contributed by atoms with Crippen molar-refractivity contribution in [2.75, 3.05) is 7.05 Å². The molecule has 1 aliphatic rings. The Kier molecular flexibility index (Phi) is 3.61. The van der Waals surface area contributed by atoms with E-state index >= 15 is 0 Å². The number of amides is 1. The lowest BCUT2D eigenvalue weighted by molar-refractivity contribution is 0.00648. The minimum atomic E-state index is -0.895. The van der Waals surface area contributed by atoms with Crippen LogP contribution in [0.5, 0.6) is 0 Å². The molecule has 5 heteroatoms. The molecule has 1 aromatic carbocycles. The zero-order chi connectivity index (χ0) is 15.0. The number of carbonyl (C=O) groups excluding carboxylic acids is 1. The second-order valence-corrected chi connectivity index (χ2v) is 5.50. The highest BCUT2D eigenvalue weighted by atomic mass is 16.3. The van der Waals surface area contributed by atoms with Gasteiger partial charge in [-0.15, -0.1) is 0 Å². The molecule has 1 heterocycles. The van der Waals surface area contributed by atoms with Crippen molar-refractivity contribution in [1.29, 1.82) is 0 Å². The molecule has 2 N–H and O–H groups in total. The van der Waals surface area contributed by atoms with Crippen LogP contribution >= 0.6 is 0 Å². The van der Waals surface area contributed by atoms with E-state index < -0.39 is 12.2 Å². The number of fused-ring (bicyclic) bond motifs is 1. The number of rotatable bonds is 2. The van der Waals surface area contributed by atoms with Crippen molar-refractivity contribution < 1.29 is 15.0 Å². The fourth-order valence-electron chi connectivity index (χ4n) is 2.97. The van der Waals surface area contributed by atoms with Gasteiger partial charge in [0, 0.05) is 18.6 Å². The number of aliphatic hydroxyl groups excluding tert-OH is 2. The van der Waals surface area contributed by atoms with Crippen LogP contribution in [-0.4, -0.2) is 51.3 Å². The normalized spacial score (nSPS) is 25.2. The molecule has 21 heavy (non-hydrogen) atoms. The molecule has 0 unspecified atom stereocenters. The van der Waals surface area contributed by atoms with Crippen LogP contribution in [-0.2, 0) is 0 Å². The Hall–Kier alpha value is -1.98. The fraction of sp³-hybridized carbons (Fsp3) is 0.375. The summed E-state index contributed by atoms with van der Waals surface area (Å²) >= 11 is 0. The zero-order valence-corrected chi connectivity index (χ0v) is 11.8. The van der Waals surface area contributed by atoms with Crippen LogP contribution < -0.4 is 0 Å². The molecule has 0 saturated heterocycles. The summed E-state index contributed by atoms with van der Waals surface area (Å²) in [6.07, 6.45) is 1.06. The van der Waals surface area contributed by atoms with E-state index in [1.807, 2.05) is 30.3 Å². The maximum atomic E-state index is 12.7. The Morgan fingerprint density at radius 3 is 2.71 bits per heavy atom. The van der Waals surface area contributed by atoms with Gasteiger partial charge in [0.25, 0.3) is 5.91 Å². The van der Waals surface area contributed by atoms with E-state index in [0.29, 0.717) is 18.5 Å². The van der Waals surface area contributed by atoms with Crippen LogP contribution in [0.1, 0.15) is 23.3 Å². The van der Waals surface area contributed by atoms with Crippen LogP contribution in [0.3, 0.4) is 0 Å². The quantitative estimate of drug-likeness (QED) is 0.870. The predicted octanol–water partition coefficient (Wildman–Crippen LogP) is 1.19. The van der Waals surface area contributed by atoms with Crippen LogP contribution in [0, 0.1) is 0 Å². The Bertz CT molecular complexity index is 668. The Morgan fingerprint density at radius 1 is 1.24 bits per heavy atom. The van der Waals surface area contributed by atoms with Crippen molar-refractivity contribution in [3.8, 4) is 0 Å². The maximum Gasteiger partial charge on any atom is 0.273 e. The molecule has 110 valence electrons. The monoisotopic (exact) mass is 286 g/mol. The van der Waals surface area contributed by atoms with Crippen molar-refractivity contribution in [1.82, 2.24) is 9.88 Å². The predicted molar refractivity (Wildman–Crippen MR) is 78.9 cm³/mol. The second kappa shape index (κ2) is 5.42.